The molecule has 0 radical (unpaired) electrons. The predicted molar refractivity (Wildman–Crippen MR) is 121 cm³/mol. The number of anilines is 1. The highest BCUT2D eigenvalue weighted by molar-refractivity contribution is 6.09. The monoisotopic (exact) mass is 427 g/mol. The molecule has 8 heteroatoms. The zero-order valence-electron chi connectivity index (χ0n) is 17.9. The molecular weight excluding hydrogens is 406 g/mol. The Labute approximate surface area is 183 Å². The third-order valence-electron chi connectivity index (χ3n) is 5.50. The average Bonchev–Trinajstić information content (AvgIpc) is 3.32. The predicted octanol–water partition coefficient (Wildman–Crippen LogP) is 4.86. The summed E-state index contributed by atoms with van der Waals surface area (Å²) in [5.41, 5.74) is 4.14. The van der Waals surface area contributed by atoms with Crippen molar-refractivity contribution in [2.45, 2.75) is 27.4 Å². The van der Waals surface area contributed by atoms with Crippen LogP contribution >= 0.6 is 0 Å². The topological polar surface area (TPSA) is 106 Å². The number of H-pyrrole nitrogens is 1. The van der Waals surface area contributed by atoms with Crippen LogP contribution in [0.1, 0.15) is 33.1 Å². The molecule has 0 aliphatic carbocycles. The van der Waals surface area contributed by atoms with Crippen molar-refractivity contribution in [1.82, 2.24) is 20.3 Å². The van der Waals surface area contributed by atoms with Gasteiger partial charge >= 0.3 is 0 Å². The molecule has 0 saturated heterocycles. The van der Waals surface area contributed by atoms with Crippen molar-refractivity contribution in [3.05, 3.63) is 76.9 Å². The lowest BCUT2D eigenvalue weighted by Crippen LogP contribution is -2.14. The van der Waals surface area contributed by atoms with E-state index >= 15 is 0 Å². The zero-order chi connectivity index (χ0) is 22.2. The summed E-state index contributed by atoms with van der Waals surface area (Å²) in [6.45, 7) is 5.87. The maximum Gasteiger partial charge on any atom is 0.259 e. The first kappa shape index (κ1) is 19.7. The minimum absolute atomic E-state index is 0.252. The first-order valence-corrected chi connectivity index (χ1v) is 10.2. The largest absolute Gasteiger partial charge is 0.488 e. The van der Waals surface area contributed by atoms with Crippen molar-refractivity contribution in [1.29, 1.82) is 0 Å². The number of fused-ring (bicyclic) bond motifs is 2. The molecule has 8 nitrogen and oxygen atoms in total. The van der Waals surface area contributed by atoms with Crippen LogP contribution in [0.5, 0.6) is 5.75 Å². The average molecular weight is 427 g/mol. The highest BCUT2D eigenvalue weighted by Crippen LogP contribution is 2.29. The van der Waals surface area contributed by atoms with Gasteiger partial charge in [-0.15, -0.1) is 0 Å². The number of pyridine rings is 1. The number of carbonyl (C=O) groups is 1. The minimum Gasteiger partial charge on any atom is -0.488 e. The number of rotatable bonds is 5. The molecule has 3 heterocycles. The second-order valence-corrected chi connectivity index (χ2v) is 7.68. The Kier molecular flexibility index (Phi) is 4.82. The second-order valence-electron chi connectivity index (χ2n) is 7.68. The first-order chi connectivity index (χ1) is 15.5. The minimum atomic E-state index is -0.285. The number of nitrogens with one attached hydrogen (secondary N) is 2. The van der Waals surface area contributed by atoms with Gasteiger partial charge in [0.05, 0.1) is 28.7 Å². The van der Waals surface area contributed by atoms with Gasteiger partial charge in [-0.3, -0.25) is 9.89 Å². The molecule has 0 atom stereocenters. The van der Waals surface area contributed by atoms with Crippen molar-refractivity contribution >= 4 is 33.4 Å². The van der Waals surface area contributed by atoms with Gasteiger partial charge in [-0.2, -0.15) is 5.10 Å². The highest BCUT2D eigenvalue weighted by Gasteiger charge is 2.17. The van der Waals surface area contributed by atoms with Gasteiger partial charge in [-0.1, -0.05) is 29.4 Å². The Bertz CT molecular complexity index is 1450. The number of aromatic nitrogens is 4. The summed E-state index contributed by atoms with van der Waals surface area (Å²) in [6.07, 6.45) is 1.59. The molecule has 32 heavy (non-hydrogen) atoms. The molecular formula is C24H21N5O3. The van der Waals surface area contributed by atoms with Crippen LogP contribution in [0.25, 0.3) is 21.8 Å². The summed E-state index contributed by atoms with van der Waals surface area (Å²) < 4.78 is 11.3. The Hall–Kier alpha value is -4.20. The van der Waals surface area contributed by atoms with Crippen LogP contribution in [0.2, 0.25) is 0 Å². The van der Waals surface area contributed by atoms with Crippen LogP contribution in [-0.4, -0.2) is 26.2 Å². The fourth-order valence-electron chi connectivity index (χ4n) is 3.66. The Morgan fingerprint density at radius 1 is 1.12 bits per heavy atom. The van der Waals surface area contributed by atoms with Gasteiger partial charge in [-0.05, 0) is 49.7 Å². The van der Waals surface area contributed by atoms with Crippen LogP contribution in [-0.2, 0) is 6.61 Å². The first-order valence-electron chi connectivity index (χ1n) is 10.2. The van der Waals surface area contributed by atoms with E-state index in [2.05, 4.69) is 25.7 Å². The van der Waals surface area contributed by atoms with Crippen molar-refractivity contribution in [2.75, 3.05) is 5.32 Å². The van der Waals surface area contributed by atoms with E-state index in [1.807, 2.05) is 63.2 Å². The third kappa shape index (κ3) is 3.56. The van der Waals surface area contributed by atoms with Crippen LogP contribution in [0, 0.1) is 20.8 Å². The standard InChI is InChI=1S/C24H21N5O3/c1-13-19-10-18(11-25-23(19)28-27-13)26-24(30)20-8-16-6-4-5-7-17(16)9-22(20)31-12-21-14(2)29-32-15(21)3/h4-11H,12H2,1-3H3,(H,26,30)(H,25,27,28). The molecule has 1 amide bonds. The van der Waals surface area contributed by atoms with Crippen LogP contribution < -0.4 is 10.1 Å². The molecule has 0 aliphatic rings. The lowest BCUT2D eigenvalue weighted by atomic mass is 10.0. The number of benzene rings is 2. The van der Waals surface area contributed by atoms with Crippen LogP contribution in [0.15, 0.2) is 53.2 Å². The van der Waals surface area contributed by atoms with Gasteiger partial charge in [0.1, 0.15) is 18.1 Å². The summed E-state index contributed by atoms with van der Waals surface area (Å²) in [5.74, 6) is 0.894. The quantitative estimate of drug-likeness (QED) is 0.415. The summed E-state index contributed by atoms with van der Waals surface area (Å²) >= 11 is 0. The Morgan fingerprint density at radius 3 is 2.66 bits per heavy atom. The van der Waals surface area contributed by atoms with E-state index in [0.717, 1.165) is 33.1 Å². The van der Waals surface area contributed by atoms with Crippen molar-refractivity contribution in [3.63, 3.8) is 0 Å². The molecule has 0 spiro atoms. The van der Waals surface area contributed by atoms with E-state index in [0.29, 0.717) is 28.4 Å². The fourth-order valence-corrected chi connectivity index (χ4v) is 3.66. The lowest BCUT2D eigenvalue weighted by Gasteiger charge is -2.13. The maximum absolute atomic E-state index is 13.3. The third-order valence-corrected chi connectivity index (χ3v) is 5.50. The number of carbonyl (C=O) groups excluding carboxylic acids is 1. The number of ether oxygens (including phenoxy) is 1. The van der Waals surface area contributed by atoms with Crippen molar-refractivity contribution < 1.29 is 14.1 Å². The van der Waals surface area contributed by atoms with Gasteiger partial charge < -0.3 is 14.6 Å². The van der Waals surface area contributed by atoms with Crippen molar-refractivity contribution in [3.8, 4) is 5.75 Å². The number of aryl methyl sites for hydroxylation is 3. The molecule has 5 aromatic rings. The second kappa shape index (κ2) is 7.81. The number of nitrogens with zero attached hydrogens (tertiary/aromatic N) is 3. The molecule has 0 saturated carbocycles. The van der Waals surface area contributed by atoms with E-state index in [1.54, 1.807) is 6.20 Å². The smallest absolute Gasteiger partial charge is 0.259 e. The van der Waals surface area contributed by atoms with Gasteiger partial charge in [-0.25, -0.2) is 4.98 Å². The van der Waals surface area contributed by atoms with E-state index in [9.17, 15) is 4.79 Å². The van der Waals surface area contributed by atoms with Gasteiger partial charge in [0.25, 0.3) is 5.91 Å². The number of hydrogen-bond donors (Lipinski definition) is 2. The molecule has 0 fully saturated rings. The summed E-state index contributed by atoms with van der Waals surface area (Å²) in [5, 5.41) is 16.7. The number of hydrogen-bond acceptors (Lipinski definition) is 6. The van der Waals surface area contributed by atoms with Crippen molar-refractivity contribution in [2.24, 2.45) is 0 Å². The SMILES string of the molecule is Cc1noc(C)c1COc1cc2ccccc2cc1C(=O)Nc1cnc2n[nH]c(C)c2c1. The maximum atomic E-state index is 13.3. The molecule has 0 unspecified atom stereocenters. The Morgan fingerprint density at radius 2 is 1.91 bits per heavy atom. The molecule has 0 aliphatic heterocycles. The molecule has 0 bridgehead atoms. The van der Waals surface area contributed by atoms with E-state index in [-0.39, 0.29) is 12.5 Å². The van der Waals surface area contributed by atoms with E-state index < -0.39 is 0 Å². The number of amides is 1. The summed E-state index contributed by atoms with van der Waals surface area (Å²) in [7, 11) is 0. The van der Waals surface area contributed by atoms with Gasteiger partial charge in [0.2, 0.25) is 0 Å². The Balaban J connectivity index is 1.49. The summed E-state index contributed by atoms with van der Waals surface area (Å²) in [6, 6.07) is 13.4. The van der Waals surface area contributed by atoms with Crippen LogP contribution in [0.4, 0.5) is 5.69 Å². The molecule has 2 aromatic carbocycles. The number of aromatic amines is 1. The van der Waals surface area contributed by atoms with Gasteiger partial charge in [0.15, 0.2) is 5.65 Å². The lowest BCUT2D eigenvalue weighted by molar-refractivity contribution is 0.102. The summed E-state index contributed by atoms with van der Waals surface area (Å²) in [4.78, 5) is 17.6. The molecule has 5 rings (SSSR count). The van der Waals surface area contributed by atoms with E-state index in [1.165, 1.54) is 0 Å². The van der Waals surface area contributed by atoms with Crippen LogP contribution in [0.3, 0.4) is 0 Å². The van der Waals surface area contributed by atoms with Gasteiger partial charge in [0, 0.05) is 11.1 Å². The highest BCUT2D eigenvalue weighted by atomic mass is 16.5. The molecule has 3 aromatic heterocycles. The van der Waals surface area contributed by atoms with E-state index in [4.69, 9.17) is 9.26 Å². The molecule has 2 N–H and O–H groups in total. The zero-order valence-corrected chi connectivity index (χ0v) is 17.9. The normalized spacial score (nSPS) is 11.2. The fraction of sp³-hybridized carbons (Fsp3) is 0.167. The molecule has 160 valence electrons.